The molecule has 0 atom stereocenters. The Bertz CT molecular complexity index is 740. The number of nitrogens with one attached hydrogen (secondary N) is 1. The van der Waals surface area contributed by atoms with Gasteiger partial charge in [-0.15, -0.1) is 24.0 Å². The third-order valence-electron chi connectivity index (χ3n) is 4.37. The van der Waals surface area contributed by atoms with Crippen LogP contribution in [-0.4, -0.2) is 59.5 Å². The number of anilines is 1. The zero-order valence-corrected chi connectivity index (χ0v) is 20.6. The molecule has 30 heavy (non-hydrogen) atoms. The first-order valence-corrected chi connectivity index (χ1v) is 10.1. The van der Waals surface area contributed by atoms with Gasteiger partial charge in [0.15, 0.2) is 5.96 Å². The summed E-state index contributed by atoms with van der Waals surface area (Å²) >= 11 is 0. The van der Waals surface area contributed by atoms with Crippen molar-refractivity contribution in [2.24, 2.45) is 10.7 Å². The van der Waals surface area contributed by atoms with Crippen LogP contribution in [0.25, 0.3) is 0 Å². The maximum absolute atomic E-state index is 12.1. The lowest BCUT2D eigenvalue weighted by Crippen LogP contribution is -2.53. The molecule has 2 amide bonds. The lowest BCUT2D eigenvalue weighted by Gasteiger charge is -2.36. The van der Waals surface area contributed by atoms with Crippen LogP contribution >= 0.6 is 24.0 Å². The van der Waals surface area contributed by atoms with E-state index < -0.39 is 5.60 Å². The number of carbonyl (C=O) groups excluding carboxylic acids is 2. The summed E-state index contributed by atoms with van der Waals surface area (Å²) in [4.78, 5) is 32.0. The second-order valence-corrected chi connectivity index (χ2v) is 8.13. The number of halogens is 1. The Balaban J connectivity index is 0.00000450. The number of nitrogens with two attached hydrogens (primary N) is 1. The number of rotatable bonds is 5. The fraction of sp³-hybridized carbons (Fsp3) is 0.571. The topological polar surface area (TPSA) is 100 Å². The van der Waals surface area contributed by atoms with Gasteiger partial charge in [-0.3, -0.25) is 4.79 Å². The minimum Gasteiger partial charge on any atom is -0.444 e. The van der Waals surface area contributed by atoms with Crippen LogP contribution in [0.3, 0.4) is 0 Å². The minimum absolute atomic E-state index is 0. The van der Waals surface area contributed by atoms with Gasteiger partial charge in [-0.2, -0.15) is 0 Å². The number of benzene rings is 1. The normalized spacial score (nSPS) is 14.7. The van der Waals surface area contributed by atoms with Gasteiger partial charge < -0.3 is 25.6 Å². The van der Waals surface area contributed by atoms with Crippen LogP contribution in [-0.2, 0) is 16.1 Å². The second-order valence-electron chi connectivity index (χ2n) is 8.13. The standard InChI is InChI=1S/C21H33N5O3.HI/c1-5-7-18(27)24-17-9-6-8-16(14-17)15-23-19(22)25-10-12-26(13-11-25)20(28)29-21(2,3)4;/h6,8-9,14H,5,7,10-13,15H2,1-4H3,(H2,22,23)(H,24,27);1H. The molecular weight excluding hydrogens is 497 g/mol. The Morgan fingerprint density at radius 3 is 2.40 bits per heavy atom. The molecule has 9 heteroatoms. The molecule has 1 heterocycles. The van der Waals surface area contributed by atoms with Crippen LogP contribution in [0.2, 0.25) is 0 Å². The lowest BCUT2D eigenvalue weighted by atomic mass is 10.2. The van der Waals surface area contributed by atoms with Crippen LogP contribution in [0.4, 0.5) is 10.5 Å². The smallest absolute Gasteiger partial charge is 0.410 e. The predicted octanol–water partition coefficient (Wildman–Crippen LogP) is 3.41. The molecule has 1 aromatic rings. The summed E-state index contributed by atoms with van der Waals surface area (Å²) in [6.45, 7) is 10.3. The quantitative estimate of drug-likeness (QED) is 0.345. The molecule has 1 fully saturated rings. The molecule has 168 valence electrons. The SMILES string of the molecule is CCCC(=O)Nc1cccc(CN=C(N)N2CCN(C(=O)OC(C)(C)C)CC2)c1.I. The number of guanidine groups is 1. The largest absolute Gasteiger partial charge is 0.444 e. The van der Waals surface area contributed by atoms with E-state index in [1.807, 2.05) is 56.9 Å². The summed E-state index contributed by atoms with van der Waals surface area (Å²) < 4.78 is 5.41. The number of piperazine rings is 1. The Morgan fingerprint density at radius 1 is 1.17 bits per heavy atom. The summed E-state index contributed by atoms with van der Waals surface area (Å²) in [6, 6.07) is 7.61. The number of nitrogens with zero attached hydrogens (tertiary/aromatic N) is 3. The fourth-order valence-electron chi connectivity index (χ4n) is 2.91. The summed E-state index contributed by atoms with van der Waals surface area (Å²) in [5.74, 6) is 0.463. The van der Waals surface area contributed by atoms with Crippen molar-refractivity contribution in [2.75, 3.05) is 31.5 Å². The minimum atomic E-state index is -0.501. The number of hydrogen-bond acceptors (Lipinski definition) is 4. The number of hydrogen-bond donors (Lipinski definition) is 2. The molecule has 1 aliphatic heterocycles. The third-order valence-corrected chi connectivity index (χ3v) is 4.37. The van der Waals surface area contributed by atoms with E-state index in [0.717, 1.165) is 17.7 Å². The van der Waals surface area contributed by atoms with Crippen molar-refractivity contribution in [1.29, 1.82) is 0 Å². The highest BCUT2D eigenvalue weighted by Gasteiger charge is 2.26. The van der Waals surface area contributed by atoms with Crippen molar-refractivity contribution >= 4 is 47.6 Å². The molecule has 0 radical (unpaired) electrons. The van der Waals surface area contributed by atoms with Crippen molar-refractivity contribution in [2.45, 2.75) is 52.7 Å². The Kier molecular flexibility index (Phi) is 10.4. The van der Waals surface area contributed by atoms with E-state index in [-0.39, 0.29) is 36.0 Å². The van der Waals surface area contributed by atoms with Gasteiger partial charge in [-0.1, -0.05) is 19.1 Å². The molecule has 0 aromatic heterocycles. The highest BCUT2D eigenvalue weighted by Crippen LogP contribution is 2.14. The molecule has 8 nitrogen and oxygen atoms in total. The van der Waals surface area contributed by atoms with Crippen LogP contribution in [0.5, 0.6) is 0 Å². The zero-order valence-electron chi connectivity index (χ0n) is 18.3. The van der Waals surface area contributed by atoms with Crippen molar-refractivity contribution in [3.8, 4) is 0 Å². The third kappa shape index (κ3) is 8.76. The number of ether oxygens (including phenoxy) is 1. The summed E-state index contributed by atoms with van der Waals surface area (Å²) in [7, 11) is 0. The predicted molar refractivity (Wildman–Crippen MR) is 130 cm³/mol. The van der Waals surface area contributed by atoms with Crippen molar-refractivity contribution < 1.29 is 14.3 Å². The Morgan fingerprint density at radius 2 is 1.80 bits per heavy atom. The highest BCUT2D eigenvalue weighted by atomic mass is 127. The molecule has 0 aliphatic carbocycles. The molecule has 3 N–H and O–H groups in total. The Hall–Kier alpha value is -2.04. The number of amides is 2. The van der Waals surface area contributed by atoms with E-state index in [0.29, 0.717) is 45.1 Å². The summed E-state index contributed by atoms with van der Waals surface area (Å²) in [5, 5.41) is 2.89. The van der Waals surface area contributed by atoms with Crippen LogP contribution in [0.1, 0.15) is 46.1 Å². The molecule has 2 rings (SSSR count). The number of carbonyl (C=O) groups is 2. The van der Waals surface area contributed by atoms with Gasteiger partial charge in [-0.05, 0) is 44.9 Å². The second kappa shape index (κ2) is 12.0. The Labute approximate surface area is 196 Å². The van der Waals surface area contributed by atoms with Crippen molar-refractivity contribution in [3.05, 3.63) is 29.8 Å². The molecule has 0 saturated carbocycles. The van der Waals surface area contributed by atoms with Gasteiger partial charge >= 0.3 is 6.09 Å². The van der Waals surface area contributed by atoms with Crippen LogP contribution in [0, 0.1) is 0 Å². The van der Waals surface area contributed by atoms with E-state index in [1.165, 1.54) is 0 Å². The van der Waals surface area contributed by atoms with Crippen molar-refractivity contribution in [3.63, 3.8) is 0 Å². The molecule has 0 spiro atoms. The van der Waals surface area contributed by atoms with Crippen LogP contribution in [0.15, 0.2) is 29.3 Å². The van der Waals surface area contributed by atoms with Gasteiger partial charge in [0.25, 0.3) is 0 Å². The molecule has 1 aliphatic rings. The first kappa shape index (κ1) is 26.0. The highest BCUT2D eigenvalue weighted by molar-refractivity contribution is 14.0. The zero-order chi connectivity index (χ0) is 21.4. The van der Waals surface area contributed by atoms with Gasteiger partial charge in [0.05, 0.1) is 6.54 Å². The van der Waals surface area contributed by atoms with Gasteiger partial charge in [-0.25, -0.2) is 9.79 Å². The van der Waals surface area contributed by atoms with Crippen LogP contribution < -0.4 is 11.1 Å². The van der Waals surface area contributed by atoms with Crippen molar-refractivity contribution in [1.82, 2.24) is 9.80 Å². The molecule has 1 saturated heterocycles. The average Bonchev–Trinajstić information content (AvgIpc) is 2.65. The first-order chi connectivity index (χ1) is 13.7. The molecule has 0 unspecified atom stereocenters. The summed E-state index contributed by atoms with van der Waals surface area (Å²) in [5.41, 5.74) is 7.38. The molecule has 0 bridgehead atoms. The van der Waals surface area contributed by atoms with E-state index in [1.54, 1.807) is 4.90 Å². The maximum Gasteiger partial charge on any atom is 0.410 e. The van der Waals surface area contributed by atoms with E-state index >= 15 is 0 Å². The fourth-order valence-corrected chi connectivity index (χ4v) is 2.91. The van der Waals surface area contributed by atoms with Gasteiger partial charge in [0.2, 0.25) is 5.91 Å². The molecule has 1 aromatic carbocycles. The lowest BCUT2D eigenvalue weighted by molar-refractivity contribution is -0.116. The number of aliphatic imine (C=N–C) groups is 1. The average molecular weight is 531 g/mol. The van der Waals surface area contributed by atoms with Gasteiger partial charge in [0.1, 0.15) is 5.60 Å². The van der Waals surface area contributed by atoms with E-state index in [9.17, 15) is 9.59 Å². The van der Waals surface area contributed by atoms with E-state index in [4.69, 9.17) is 10.5 Å². The maximum atomic E-state index is 12.1. The summed E-state index contributed by atoms with van der Waals surface area (Å²) in [6.07, 6.45) is 1.02. The monoisotopic (exact) mass is 531 g/mol. The molecular formula is C21H34IN5O3. The van der Waals surface area contributed by atoms with E-state index in [2.05, 4.69) is 10.3 Å². The first-order valence-electron chi connectivity index (χ1n) is 10.1. The van der Waals surface area contributed by atoms with Gasteiger partial charge in [0, 0.05) is 38.3 Å².